The number of thiophene rings is 1. The van der Waals surface area contributed by atoms with Gasteiger partial charge in [0.15, 0.2) is 0 Å². The fraction of sp³-hybridized carbons (Fsp3) is 0.312. The lowest BCUT2D eigenvalue weighted by Crippen LogP contribution is -2.10. The Hall–Kier alpha value is -2.21. The molecule has 0 unspecified atom stereocenters. The third kappa shape index (κ3) is 2.87. The highest BCUT2D eigenvalue weighted by Gasteiger charge is 2.18. The Balaban J connectivity index is 1.81. The average Bonchev–Trinajstić information content (AvgIpc) is 2.93. The van der Waals surface area contributed by atoms with Crippen molar-refractivity contribution in [2.45, 2.75) is 32.6 Å². The molecule has 0 fully saturated rings. The van der Waals surface area contributed by atoms with Gasteiger partial charge >= 0.3 is 0 Å². The lowest BCUT2D eigenvalue weighted by molar-refractivity contribution is -0.385. The normalized spacial score (nSPS) is 13.5. The maximum absolute atomic E-state index is 12.3. The highest BCUT2D eigenvalue weighted by atomic mass is 32.1. The second kappa shape index (κ2) is 5.88. The number of fused-ring (bicyclic) bond motifs is 1. The Bertz CT molecular complexity index is 728. The van der Waals surface area contributed by atoms with Gasteiger partial charge in [-0.05, 0) is 50.3 Å². The number of rotatable bonds is 3. The summed E-state index contributed by atoms with van der Waals surface area (Å²) in [5.74, 6) is -0.197. The first kappa shape index (κ1) is 14.7. The third-order valence-corrected chi connectivity index (χ3v) is 5.12. The molecule has 5 nitrogen and oxygen atoms in total. The summed E-state index contributed by atoms with van der Waals surface area (Å²) in [4.78, 5) is 24.8. The van der Waals surface area contributed by atoms with Crippen LogP contribution in [0, 0.1) is 17.0 Å². The number of nitrogens with zero attached hydrogens (tertiary/aromatic N) is 1. The number of benzene rings is 1. The summed E-state index contributed by atoms with van der Waals surface area (Å²) in [7, 11) is 0. The standard InChI is InChI=1S/C16H16N2O3S/c1-10-6-7-12(9-13(10)18(20)21)17-16(19)15-8-11-4-2-3-5-14(11)22-15/h6-9H,2-5H2,1H3,(H,17,19). The predicted octanol–water partition coefficient (Wildman–Crippen LogP) is 4.10. The Morgan fingerprint density at radius 2 is 2.05 bits per heavy atom. The minimum Gasteiger partial charge on any atom is -0.321 e. The first-order valence-electron chi connectivity index (χ1n) is 7.22. The number of nitro groups is 1. The van der Waals surface area contributed by atoms with E-state index in [-0.39, 0.29) is 11.6 Å². The number of carbonyl (C=O) groups is 1. The van der Waals surface area contributed by atoms with E-state index in [1.165, 1.54) is 40.7 Å². The van der Waals surface area contributed by atoms with Crippen molar-refractivity contribution in [1.29, 1.82) is 0 Å². The molecule has 0 spiro atoms. The second-order valence-electron chi connectivity index (χ2n) is 5.48. The highest BCUT2D eigenvalue weighted by Crippen LogP contribution is 2.30. The van der Waals surface area contributed by atoms with E-state index in [1.807, 2.05) is 6.07 Å². The van der Waals surface area contributed by atoms with Gasteiger partial charge in [-0.2, -0.15) is 0 Å². The zero-order chi connectivity index (χ0) is 15.7. The maximum Gasteiger partial charge on any atom is 0.274 e. The molecule has 1 N–H and O–H groups in total. The first-order valence-corrected chi connectivity index (χ1v) is 8.04. The topological polar surface area (TPSA) is 72.2 Å². The fourth-order valence-electron chi connectivity index (χ4n) is 2.68. The summed E-state index contributed by atoms with van der Waals surface area (Å²) in [6.45, 7) is 1.68. The molecule has 6 heteroatoms. The van der Waals surface area contributed by atoms with E-state index in [9.17, 15) is 14.9 Å². The van der Waals surface area contributed by atoms with E-state index < -0.39 is 4.92 Å². The van der Waals surface area contributed by atoms with E-state index in [1.54, 1.807) is 19.1 Å². The molecule has 0 bridgehead atoms. The molecule has 22 heavy (non-hydrogen) atoms. The van der Waals surface area contributed by atoms with Crippen LogP contribution in [0.5, 0.6) is 0 Å². The monoisotopic (exact) mass is 316 g/mol. The van der Waals surface area contributed by atoms with Crippen LogP contribution in [0.3, 0.4) is 0 Å². The van der Waals surface area contributed by atoms with Gasteiger partial charge in [-0.3, -0.25) is 14.9 Å². The SMILES string of the molecule is Cc1ccc(NC(=O)c2cc3c(s2)CCCC3)cc1[N+](=O)[O-]. The Kier molecular flexibility index (Phi) is 3.94. The fourth-order valence-corrected chi connectivity index (χ4v) is 3.83. The van der Waals surface area contributed by atoms with Crippen LogP contribution in [0.1, 0.15) is 38.5 Å². The number of aryl methyl sites for hydroxylation is 3. The molecule has 3 rings (SSSR count). The van der Waals surface area contributed by atoms with Crippen LogP contribution in [0.4, 0.5) is 11.4 Å². The van der Waals surface area contributed by atoms with Crippen molar-refractivity contribution in [2.24, 2.45) is 0 Å². The molecule has 2 aromatic rings. The van der Waals surface area contributed by atoms with Gasteiger partial charge in [-0.25, -0.2) is 0 Å². The summed E-state index contributed by atoms with van der Waals surface area (Å²) >= 11 is 1.53. The Morgan fingerprint density at radius 1 is 1.27 bits per heavy atom. The number of hydrogen-bond acceptors (Lipinski definition) is 4. The van der Waals surface area contributed by atoms with Crippen LogP contribution in [0.2, 0.25) is 0 Å². The first-order chi connectivity index (χ1) is 10.5. The van der Waals surface area contributed by atoms with E-state index in [4.69, 9.17) is 0 Å². The summed E-state index contributed by atoms with van der Waals surface area (Å²) < 4.78 is 0. The predicted molar refractivity (Wildman–Crippen MR) is 86.7 cm³/mol. The van der Waals surface area contributed by atoms with Crippen LogP contribution >= 0.6 is 11.3 Å². The van der Waals surface area contributed by atoms with Gasteiger partial charge in [-0.1, -0.05) is 6.07 Å². The minimum absolute atomic E-state index is 0.0169. The molecule has 0 radical (unpaired) electrons. The van der Waals surface area contributed by atoms with E-state index in [2.05, 4.69) is 5.32 Å². The number of carbonyl (C=O) groups excluding carboxylic acids is 1. The van der Waals surface area contributed by atoms with Gasteiger partial charge in [0.05, 0.1) is 9.80 Å². The third-order valence-electron chi connectivity index (χ3n) is 3.88. The molecule has 0 saturated heterocycles. The number of nitro benzene ring substituents is 1. The quantitative estimate of drug-likeness (QED) is 0.684. The van der Waals surface area contributed by atoms with Crippen molar-refractivity contribution in [3.63, 3.8) is 0 Å². The van der Waals surface area contributed by atoms with Crippen LogP contribution in [-0.2, 0) is 12.8 Å². The van der Waals surface area contributed by atoms with Crippen LogP contribution in [0.15, 0.2) is 24.3 Å². The van der Waals surface area contributed by atoms with E-state index in [0.29, 0.717) is 16.1 Å². The van der Waals surface area contributed by atoms with Gasteiger partial charge in [0, 0.05) is 22.2 Å². The molecule has 0 aliphatic heterocycles. The minimum atomic E-state index is -0.436. The van der Waals surface area contributed by atoms with E-state index in [0.717, 1.165) is 12.8 Å². The van der Waals surface area contributed by atoms with Crippen LogP contribution in [-0.4, -0.2) is 10.8 Å². The molecule has 1 aromatic heterocycles. The van der Waals surface area contributed by atoms with Gasteiger partial charge in [0.25, 0.3) is 11.6 Å². The maximum atomic E-state index is 12.3. The van der Waals surface area contributed by atoms with E-state index >= 15 is 0 Å². The van der Waals surface area contributed by atoms with Crippen LogP contribution < -0.4 is 5.32 Å². The van der Waals surface area contributed by atoms with Gasteiger partial charge in [0.1, 0.15) is 0 Å². The van der Waals surface area contributed by atoms with Crippen LogP contribution in [0.25, 0.3) is 0 Å². The highest BCUT2D eigenvalue weighted by molar-refractivity contribution is 7.14. The summed E-state index contributed by atoms with van der Waals surface area (Å²) in [6, 6.07) is 6.69. The smallest absolute Gasteiger partial charge is 0.274 e. The Labute approximate surface area is 132 Å². The number of anilines is 1. The number of hydrogen-bond donors (Lipinski definition) is 1. The molecule has 0 atom stereocenters. The van der Waals surface area contributed by atoms with Crippen molar-refractivity contribution in [1.82, 2.24) is 0 Å². The van der Waals surface area contributed by atoms with Crippen molar-refractivity contribution in [3.8, 4) is 0 Å². The van der Waals surface area contributed by atoms with Gasteiger partial charge in [0.2, 0.25) is 0 Å². The zero-order valence-electron chi connectivity index (χ0n) is 12.2. The van der Waals surface area contributed by atoms with Crippen molar-refractivity contribution in [3.05, 3.63) is 55.3 Å². The lowest BCUT2D eigenvalue weighted by atomic mass is 9.99. The summed E-state index contributed by atoms with van der Waals surface area (Å²) in [5, 5.41) is 13.7. The second-order valence-corrected chi connectivity index (χ2v) is 6.62. The molecular weight excluding hydrogens is 300 g/mol. The zero-order valence-corrected chi connectivity index (χ0v) is 13.0. The molecule has 1 amide bonds. The van der Waals surface area contributed by atoms with Gasteiger partial charge in [-0.15, -0.1) is 11.3 Å². The largest absolute Gasteiger partial charge is 0.321 e. The van der Waals surface area contributed by atoms with Crippen molar-refractivity contribution >= 4 is 28.6 Å². The number of nitrogens with one attached hydrogen (secondary N) is 1. The molecule has 114 valence electrons. The average molecular weight is 316 g/mol. The van der Waals surface area contributed by atoms with Gasteiger partial charge < -0.3 is 5.32 Å². The molecule has 1 aliphatic rings. The Morgan fingerprint density at radius 3 is 2.77 bits per heavy atom. The van der Waals surface area contributed by atoms with Crippen molar-refractivity contribution < 1.29 is 9.72 Å². The molecule has 1 aromatic carbocycles. The molecule has 0 saturated carbocycles. The molecule has 1 aliphatic carbocycles. The molecular formula is C16H16N2O3S. The summed E-state index contributed by atoms with van der Waals surface area (Å²) in [5.41, 5.74) is 2.32. The molecule has 1 heterocycles. The van der Waals surface area contributed by atoms with Crippen molar-refractivity contribution in [2.75, 3.05) is 5.32 Å². The summed E-state index contributed by atoms with van der Waals surface area (Å²) in [6.07, 6.45) is 4.44. The number of amides is 1. The lowest BCUT2D eigenvalue weighted by Gasteiger charge is -2.08.